The van der Waals surface area contributed by atoms with E-state index in [4.69, 9.17) is 4.74 Å². The highest BCUT2D eigenvalue weighted by molar-refractivity contribution is 5.90. The van der Waals surface area contributed by atoms with Crippen LogP contribution >= 0.6 is 0 Å². The van der Waals surface area contributed by atoms with Gasteiger partial charge < -0.3 is 10.1 Å². The average molecular weight is 329 g/mol. The van der Waals surface area contributed by atoms with Gasteiger partial charge in [0, 0.05) is 11.8 Å². The molecule has 6 heteroatoms. The van der Waals surface area contributed by atoms with Gasteiger partial charge in [-0.15, -0.1) is 0 Å². The highest BCUT2D eigenvalue weighted by Crippen LogP contribution is 2.16. The first kappa shape index (κ1) is 17.7. The van der Waals surface area contributed by atoms with Crippen molar-refractivity contribution in [1.29, 1.82) is 0 Å². The Kier molecular flexibility index (Phi) is 6.12. The molecule has 1 amide bonds. The highest BCUT2D eigenvalue weighted by atomic mass is 16.5. The average Bonchev–Trinajstić information content (AvgIpc) is 2.52. The van der Waals surface area contributed by atoms with E-state index in [2.05, 4.69) is 24.3 Å². The molecule has 1 aromatic carbocycles. The third-order valence-corrected chi connectivity index (χ3v) is 3.40. The number of benzene rings is 1. The molecule has 24 heavy (non-hydrogen) atoms. The maximum atomic E-state index is 12.0. The number of carbonyl (C=O) groups excluding carboxylic acids is 1. The number of anilines is 1. The predicted octanol–water partition coefficient (Wildman–Crippen LogP) is 2.62. The molecule has 2 rings (SSSR count). The van der Waals surface area contributed by atoms with Gasteiger partial charge in [-0.25, -0.2) is 4.68 Å². The largest absolute Gasteiger partial charge is 0.494 e. The molecule has 0 spiro atoms. The minimum atomic E-state index is -0.302. The van der Waals surface area contributed by atoms with E-state index in [1.807, 2.05) is 12.1 Å². The zero-order chi connectivity index (χ0) is 17.5. The van der Waals surface area contributed by atoms with Crippen molar-refractivity contribution in [2.24, 2.45) is 5.92 Å². The summed E-state index contributed by atoms with van der Waals surface area (Å²) in [5.41, 5.74) is 1.03. The SMILES string of the molecule is Cc1ccc(=O)n(CC(=O)Nc2ccc(OCCC(C)C)cc2)n1. The van der Waals surface area contributed by atoms with Crippen molar-refractivity contribution in [2.75, 3.05) is 11.9 Å². The van der Waals surface area contributed by atoms with E-state index >= 15 is 0 Å². The zero-order valence-electron chi connectivity index (χ0n) is 14.3. The summed E-state index contributed by atoms with van der Waals surface area (Å²) in [7, 11) is 0. The molecule has 0 radical (unpaired) electrons. The van der Waals surface area contributed by atoms with Crippen LogP contribution in [0.1, 0.15) is 26.0 Å². The summed E-state index contributed by atoms with van der Waals surface area (Å²) >= 11 is 0. The van der Waals surface area contributed by atoms with Crippen LogP contribution in [0.25, 0.3) is 0 Å². The van der Waals surface area contributed by atoms with Gasteiger partial charge in [-0.1, -0.05) is 13.8 Å². The third kappa shape index (κ3) is 5.53. The van der Waals surface area contributed by atoms with Crippen LogP contribution in [-0.4, -0.2) is 22.3 Å². The van der Waals surface area contributed by atoms with Crippen molar-refractivity contribution in [3.05, 3.63) is 52.4 Å². The van der Waals surface area contributed by atoms with Crippen LogP contribution in [0.4, 0.5) is 5.69 Å². The second kappa shape index (κ2) is 8.29. The summed E-state index contributed by atoms with van der Waals surface area (Å²) in [6, 6.07) is 10.2. The minimum Gasteiger partial charge on any atom is -0.494 e. The van der Waals surface area contributed by atoms with Crippen molar-refractivity contribution in [2.45, 2.75) is 33.7 Å². The monoisotopic (exact) mass is 329 g/mol. The quantitative estimate of drug-likeness (QED) is 0.847. The van der Waals surface area contributed by atoms with Gasteiger partial charge in [0.25, 0.3) is 5.56 Å². The summed E-state index contributed by atoms with van der Waals surface area (Å²) in [4.78, 5) is 23.7. The lowest BCUT2D eigenvalue weighted by Gasteiger charge is -2.10. The lowest BCUT2D eigenvalue weighted by Crippen LogP contribution is -2.29. The van der Waals surface area contributed by atoms with Crippen LogP contribution in [0.2, 0.25) is 0 Å². The number of amides is 1. The Morgan fingerprint density at radius 3 is 2.58 bits per heavy atom. The normalized spacial score (nSPS) is 10.7. The van der Waals surface area contributed by atoms with E-state index in [0.29, 0.717) is 23.9 Å². The minimum absolute atomic E-state index is 0.118. The number of ether oxygens (including phenoxy) is 1. The molecule has 1 aromatic heterocycles. The van der Waals surface area contributed by atoms with Gasteiger partial charge in [0.2, 0.25) is 5.91 Å². The molecule has 0 saturated carbocycles. The first-order valence-electron chi connectivity index (χ1n) is 8.01. The van der Waals surface area contributed by atoms with E-state index in [0.717, 1.165) is 16.9 Å². The molecule has 2 aromatic rings. The molecule has 0 saturated heterocycles. The smallest absolute Gasteiger partial charge is 0.267 e. The molecule has 0 atom stereocenters. The van der Waals surface area contributed by atoms with Crippen LogP contribution in [0.5, 0.6) is 5.75 Å². The van der Waals surface area contributed by atoms with Crippen molar-refractivity contribution >= 4 is 11.6 Å². The lowest BCUT2D eigenvalue weighted by molar-refractivity contribution is -0.117. The van der Waals surface area contributed by atoms with Crippen molar-refractivity contribution in [1.82, 2.24) is 9.78 Å². The molecule has 6 nitrogen and oxygen atoms in total. The standard InChI is InChI=1S/C18H23N3O3/c1-13(2)10-11-24-16-7-5-15(6-8-16)19-17(22)12-21-18(23)9-4-14(3)20-21/h4-9,13H,10-12H2,1-3H3,(H,19,22). The molecule has 0 fully saturated rings. The number of nitrogens with one attached hydrogen (secondary N) is 1. The molecule has 1 N–H and O–H groups in total. The summed E-state index contributed by atoms with van der Waals surface area (Å²) in [6.07, 6.45) is 0.997. The Hall–Kier alpha value is -2.63. The van der Waals surface area contributed by atoms with Crippen LogP contribution in [-0.2, 0) is 11.3 Å². The second-order valence-corrected chi connectivity index (χ2v) is 6.07. The number of aromatic nitrogens is 2. The number of hydrogen-bond acceptors (Lipinski definition) is 4. The molecule has 0 aliphatic carbocycles. The fraction of sp³-hybridized carbons (Fsp3) is 0.389. The van der Waals surface area contributed by atoms with E-state index in [1.54, 1.807) is 25.1 Å². The van der Waals surface area contributed by atoms with Crippen LogP contribution in [0.3, 0.4) is 0 Å². The van der Waals surface area contributed by atoms with E-state index in [9.17, 15) is 9.59 Å². The van der Waals surface area contributed by atoms with Crippen molar-refractivity contribution in [3.8, 4) is 5.75 Å². The Bertz CT molecular complexity index is 736. The molecule has 0 bridgehead atoms. The molecule has 128 valence electrons. The van der Waals surface area contributed by atoms with Crippen molar-refractivity contribution < 1.29 is 9.53 Å². The summed E-state index contributed by atoms with van der Waals surface area (Å²) in [5, 5.41) is 6.78. The fourth-order valence-corrected chi connectivity index (χ4v) is 2.05. The molecule has 0 unspecified atom stereocenters. The Morgan fingerprint density at radius 1 is 1.21 bits per heavy atom. The fourth-order valence-electron chi connectivity index (χ4n) is 2.05. The van der Waals surface area contributed by atoms with Crippen LogP contribution < -0.4 is 15.6 Å². The second-order valence-electron chi connectivity index (χ2n) is 6.07. The molecule has 0 aliphatic heterocycles. The Balaban J connectivity index is 1.90. The maximum Gasteiger partial charge on any atom is 0.267 e. The number of rotatable bonds is 7. The molecule has 0 aliphatic rings. The molecule has 1 heterocycles. The van der Waals surface area contributed by atoms with Crippen molar-refractivity contribution in [3.63, 3.8) is 0 Å². The van der Waals surface area contributed by atoms with E-state index < -0.39 is 0 Å². The first-order chi connectivity index (χ1) is 11.4. The number of nitrogens with zero attached hydrogens (tertiary/aromatic N) is 2. The Labute approximate surface area is 141 Å². The number of carbonyl (C=O) groups is 1. The predicted molar refractivity (Wildman–Crippen MR) is 93.3 cm³/mol. The molecular formula is C18H23N3O3. The maximum absolute atomic E-state index is 12.0. The van der Waals surface area contributed by atoms with Gasteiger partial charge >= 0.3 is 0 Å². The first-order valence-corrected chi connectivity index (χ1v) is 8.01. The summed E-state index contributed by atoms with van der Waals surface area (Å²) in [6.45, 7) is 6.62. The van der Waals surface area contributed by atoms with E-state index in [-0.39, 0.29) is 18.0 Å². The van der Waals surface area contributed by atoms with Gasteiger partial charge in [0.15, 0.2) is 0 Å². The zero-order valence-corrected chi connectivity index (χ0v) is 14.3. The topological polar surface area (TPSA) is 73.2 Å². The van der Waals surface area contributed by atoms with Gasteiger partial charge in [-0.05, 0) is 49.6 Å². The van der Waals surface area contributed by atoms with Gasteiger partial charge in [-0.2, -0.15) is 5.10 Å². The van der Waals surface area contributed by atoms with Crippen LogP contribution in [0, 0.1) is 12.8 Å². The van der Waals surface area contributed by atoms with Gasteiger partial charge in [0.1, 0.15) is 12.3 Å². The highest BCUT2D eigenvalue weighted by Gasteiger charge is 2.07. The lowest BCUT2D eigenvalue weighted by atomic mass is 10.1. The number of hydrogen-bond donors (Lipinski definition) is 1. The van der Waals surface area contributed by atoms with Gasteiger partial charge in [-0.3, -0.25) is 9.59 Å². The van der Waals surface area contributed by atoms with E-state index in [1.165, 1.54) is 6.07 Å². The third-order valence-electron chi connectivity index (χ3n) is 3.40. The van der Waals surface area contributed by atoms with Crippen LogP contribution in [0.15, 0.2) is 41.2 Å². The number of aryl methyl sites for hydroxylation is 1. The summed E-state index contributed by atoms with van der Waals surface area (Å²) < 4.78 is 6.78. The molecular weight excluding hydrogens is 306 g/mol. The summed E-state index contributed by atoms with van der Waals surface area (Å²) in [5.74, 6) is 1.07. The van der Waals surface area contributed by atoms with Gasteiger partial charge in [0.05, 0.1) is 12.3 Å². The Morgan fingerprint density at radius 2 is 1.92 bits per heavy atom.